The molecule has 0 spiro atoms. The van der Waals surface area contributed by atoms with Crippen LogP contribution in [0.1, 0.15) is 60.5 Å². The van der Waals surface area contributed by atoms with E-state index in [4.69, 9.17) is 4.74 Å². The molecule has 0 atom stereocenters. The van der Waals surface area contributed by atoms with Gasteiger partial charge in [0.2, 0.25) is 0 Å². The maximum Gasteiger partial charge on any atom is 0.341 e. The molecule has 0 aliphatic heterocycles. The largest absolute Gasteiger partial charge is 0.462 e. The third kappa shape index (κ3) is 4.73. The lowest BCUT2D eigenvalue weighted by molar-refractivity contribution is 0.0529. The number of amides is 2. The summed E-state index contributed by atoms with van der Waals surface area (Å²) in [5, 5.41) is 8.35. The number of aryl methyl sites for hydroxylation is 2. The fraction of sp³-hybridized carbons (Fsp3) is 0.455. The third-order valence-corrected chi connectivity index (χ3v) is 6.15. The van der Waals surface area contributed by atoms with E-state index >= 15 is 0 Å². The maximum absolute atomic E-state index is 12.7. The van der Waals surface area contributed by atoms with Crippen LogP contribution >= 0.6 is 11.3 Å². The minimum atomic E-state index is -0.412. The molecule has 1 aromatic heterocycles. The Bertz CT molecular complexity index is 853. The minimum Gasteiger partial charge on any atom is -0.462 e. The summed E-state index contributed by atoms with van der Waals surface area (Å²) in [6.45, 7) is 6.17. The second-order valence-corrected chi connectivity index (χ2v) is 8.19. The summed E-state index contributed by atoms with van der Waals surface area (Å²) in [5.41, 5.74) is 4.52. The van der Waals surface area contributed by atoms with Crippen molar-refractivity contribution in [1.29, 1.82) is 0 Å². The number of hydrogen-bond donors (Lipinski definition) is 2. The van der Waals surface area contributed by atoms with E-state index in [-0.39, 0.29) is 18.7 Å². The van der Waals surface area contributed by atoms with Crippen molar-refractivity contribution in [2.45, 2.75) is 58.9 Å². The summed E-state index contributed by atoms with van der Waals surface area (Å²) in [6, 6.07) is 6.05. The van der Waals surface area contributed by atoms with Crippen LogP contribution in [0.3, 0.4) is 0 Å². The smallest absolute Gasteiger partial charge is 0.341 e. The van der Waals surface area contributed by atoms with Crippen molar-refractivity contribution in [2.75, 3.05) is 11.9 Å². The molecule has 1 saturated carbocycles. The van der Waals surface area contributed by atoms with Crippen molar-refractivity contribution < 1.29 is 14.3 Å². The quantitative estimate of drug-likeness (QED) is 0.636. The number of esters is 1. The number of thiophene rings is 1. The average Bonchev–Trinajstić information content (AvgIpc) is 3.08. The standard InChI is InChI=1S/C22H28N2O3S/c1-4-27-21(25)19-18(16-11-10-14(2)15(3)12-16)13-28-20(19)24-22(26)23-17-8-6-5-7-9-17/h10-13,17H,4-9H2,1-3H3,(H2,23,24,26). The Morgan fingerprint density at radius 3 is 2.57 bits per heavy atom. The van der Waals surface area contributed by atoms with Gasteiger partial charge in [0.1, 0.15) is 10.6 Å². The van der Waals surface area contributed by atoms with Gasteiger partial charge in [-0.3, -0.25) is 5.32 Å². The number of hydrogen-bond acceptors (Lipinski definition) is 4. The van der Waals surface area contributed by atoms with Gasteiger partial charge in [-0.05, 0) is 50.3 Å². The molecule has 2 amide bonds. The van der Waals surface area contributed by atoms with E-state index in [1.165, 1.54) is 23.3 Å². The second-order valence-electron chi connectivity index (χ2n) is 7.31. The summed E-state index contributed by atoms with van der Waals surface area (Å²) in [5.74, 6) is -0.412. The van der Waals surface area contributed by atoms with Crippen LogP contribution < -0.4 is 10.6 Å². The van der Waals surface area contributed by atoms with Crippen LogP contribution in [0.15, 0.2) is 23.6 Å². The Morgan fingerprint density at radius 1 is 1.14 bits per heavy atom. The number of anilines is 1. The fourth-order valence-corrected chi connectivity index (χ4v) is 4.50. The highest BCUT2D eigenvalue weighted by Crippen LogP contribution is 2.37. The fourth-order valence-electron chi connectivity index (χ4n) is 3.55. The molecule has 5 nitrogen and oxygen atoms in total. The lowest BCUT2D eigenvalue weighted by atomic mass is 9.96. The van der Waals surface area contributed by atoms with Crippen LogP contribution in [0.25, 0.3) is 11.1 Å². The Balaban J connectivity index is 1.86. The van der Waals surface area contributed by atoms with Gasteiger partial charge in [-0.1, -0.05) is 37.5 Å². The van der Waals surface area contributed by atoms with Gasteiger partial charge >= 0.3 is 12.0 Å². The summed E-state index contributed by atoms with van der Waals surface area (Å²) in [7, 11) is 0. The normalized spacial score (nSPS) is 14.5. The molecule has 0 bridgehead atoms. The molecule has 1 aliphatic rings. The van der Waals surface area contributed by atoms with E-state index in [1.807, 2.05) is 24.4 Å². The molecule has 28 heavy (non-hydrogen) atoms. The van der Waals surface area contributed by atoms with Crippen LogP contribution in [0.2, 0.25) is 0 Å². The van der Waals surface area contributed by atoms with Crippen molar-refractivity contribution in [2.24, 2.45) is 0 Å². The molecule has 1 fully saturated rings. The van der Waals surface area contributed by atoms with Gasteiger partial charge in [-0.2, -0.15) is 0 Å². The Hall–Kier alpha value is -2.34. The molecule has 1 heterocycles. The number of carbonyl (C=O) groups is 2. The van der Waals surface area contributed by atoms with Gasteiger partial charge in [0, 0.05) is 17.0 Å². The summed E-state index contributed by atoms with van der Waals surface area (Å²) in [4.78, 5) is 25.1. The zero-order valence-electron chi connectivity index (χ0n) is 16.8. The van der Waals surface area contributed by atoms with Gasteiger partial charge in [0.15, 0.2) is 0 Å². The molecule has 2 N–H and O–H groups in total. The van der Waals surface area contributed by atoms with Crippen LogP contribution in [0.4, 0.5) is 9.80 Å². The van der Waals surface area contributed by atoms with E-state index in [0.29, 0.717) is 10.6 Å². The molecule has 1 aliphatic carbocycles. The first kappa shape index (κ1) is 20.4. The van der Waals surface area contributed by atoms with Gasteiger partial charge in [-0.25, -0.2) is 9.59 Å². The molecular weight excluding hydrogens is 372 g/mol. The molecule has 1 aromatic carbocycles. The van der Waals surface area contributed by atoms with E-state index < -0.39 is 5.97 Å². The second kappa shape index (κ2) is 9.24. The highest BCUT2D eigenvalue weighted by Gasteiger charge is 2.24. The first-order valence-corrected chi connectivity index (χ1v) is 10.8. The SMILES string of the molecule is CCOC(=O)c1c(-c2ccc(C)c(C)c2)csc1NC(=O)NC1CCCCC1. The predicted molar refractivity (Wildman–Crippen MR) is 114 cm³/mol. The average molecular weight is 401 g/mol. The summed E-state index contributed by atoms with van der Waals surface area (Å²) >= 11 is 1.35. The summed E-state index contributed by atoms with van der Waals surface area (Å²) in [6.07, 6.45) is 5.55. The predicted octanol–water partition coefficient (Wildman–Crippen LogP) is 5.66. The number of benzene rings is 1. The number of ether oxygens (including phenoxy) is 1. The van der Waals surface area contributed by atoms with Gasteiger partial charge in [-0.15, -0.1) is 11.3 Å². The zero-order chi connectivity index (χ0) is 20.1. The van der Waals surface area contributed by atoms with E-state index in [2.05, 4.69) is 23.6 Å². The third-order valence-electron chi connectivity index (χ3n) is 5.26. The van der Waals surface area contributed by atoms with E-state index in [0.717, 1.165) is 42.4 Å². The molecule has 6 heteroatoms. The van der Waals surface area contributed by atoms with Crippen molar-refractivity contribution in [3.63, 3.8) is 0 Å². The molecular formula is C22H28N2O3S. The van der Waals surface area contributed by atoms with E-state index in [9.17, 15) is 9.59 Å². The summed E-state index contributed by atoms with van der Waals surface area (Å²) < 4.78 is 5.27. The first-order valence-electron chi connectivity index (χ1n) is 9.93. The van der Waals surface area contributed by atoms with Gasteiger partial charge in [0.25, 0.3) is 0 Å². The van der Waals surface area contributed by atoms with E-state index in [1.54, 1.807) is 6.92 Å². The van der Waals surface area contributed by atoms with Crippen LogP contribution in [0.5, 0.6) is 0 Å². The number of carbonyl (C=O) groups excluding carboxylic acids is 2. The lowest BCUT2D eigenvalue weighted by Gasteiger charge is -2.22. The minimum absolute atomic E-state index is 0.207. The van der Waals surface area contributed by atoms with Crippen molar-refractivity contribution in [1.82, 2.24) is 5.32 Å². The Kier molecular flexibility index (Phi) is 6.73. The maximum atomic E-state index is 12.7. The zero-order valence-corrected chi connectivity index (χ0v) is 17.6. The highest BCUT2D eigenvalue weighted by atomic mass is 32.1. The van der Waals surface area contributed by atoms with Crippen molar-refractivity contribution >= 4 is 28.3 Å². The van der Waals surface area contributed by atoms with Crippen molar-refractivity contribution in [3.8, 4) is 11.1 Å². The lowest BCUT2D eigenvalue weighted by Crippen LogP contribution is -2.39. The molecule has 2 aromatic rings. The monoisotopic (exact) mass is 400 g/mol. The van der Waals surface area contributed by atoms with Crippen molar-refractivity contribution in [3.05, 3.63) is 40.3 Å². The molecule has 0 radical (unpaired) electrons. The highest BCUT2D eigenvalue weighted by molar-refractivity contribution is 7.15. The molecule has 3 rings (SSSR count). The van der Waals surface area contributed by atoms with Crippen LogP contribution in [-0.2, 0) is 4.74 Å². The van der Waals surface area contributed by atoms with Gasteiger partial charge in [0.05, 0.1) is 6.61 Å². The molecule has 150 valence electrons. The molecule has 0 saturated heterocycles. The van der Waals surface area contributed by atoms with Crippen LogP contribution in [-0.4, -0.2) is 24.6 Å². The Labute approximate surface area is 170 Å². The molecule has 0 unspecified atom stereocenters. The first-order chi connectivity index (χ1) is 13.5. The number of nitrogens with one attached hydrogen (secondary N) is 2. The Morgan fingerprint density at radius 2 is 1.89 bits per heavy atom. The van der Waals surface area contributed by atoms with Gasteiger partial charge < -0.3 is 10.1 Å². The number of urea groups is 1. The number of rotatable bonds is 5. The topological polar surface area (TPSA) is 67.4 Å². The van der Waals surface area contributed by atoms with Crippen LogP contribution in [0, 0.1) is 13.8 Å².